The molecule has 1 heterocycles. The van der Waals surface area contributed by atoms with Crippen LogP contribution in [0.1, 0.15) is 119 Å². The van der Waals surface area contributed by atoms with Crippen LogP contribution in [0.3, 0.4) is 0 Å². The minimum absolute atomic E-state index is 0.0472. The largest absolute Gasteiger partial charge is 0.490 e. The van der Waals surface area contributed by atoms with Gasteiger partial charge in [0.05, 0.1) is 12.2 Å². The summed E-state index contributed by atoms with van der Waals surface area (Å²) in [5, 5.41) is 10.5. The summed E-state index contributed by atoms with van der Waals surface area (Å²) in [5.74, 6) is -3.22. The van der Waals surface area contributed by atoms with E-state index < -0.39 is 18.1 Å². The molecule has 1 amide bonds. The molecule has 37 heavy (non-hydrogen) atoms. The molecule has 0 aliphatic rings. The van der Waals surface area contributed by atoms with Crippen molar-refractivity contribution in [2.24, 2.45) is 5.73 Å². The molecule has 0 spiro atoms. The number of carbonyl (C=O) groups excluding carboxylic acids is 2. The van der Waals surface area contributed by atoms with Crippen LogP contribution in [-0.2, 0) is 20.9 Å². The zero-order chi connectivity index (χ0) is 28.1. The number of carboxylic acid groups (broad SMARTS) is 1. The summed E-state index contributed by atoms with van der Waals surface area (Å²) in [6, 6.07) is 1.71. The molecule has 0 atom stereocenters. The fourth-order valence-corrected chi connectivity index (χ4v) is 4.43. The maximum Gasteiger partial charge on any atom is 0.490 e. The van der Waals surface area contributed by atoms with Crippen LogP contribution in [0.15, 0.2) is 6.07 Å². The third-order valence-electron chi connectivity index (χ3n) is 5.48. The van der Waals surface area contributed by atoms with Crippen molar-refractivity contribution in [2.45, 2.75) is 116 Å². The summed E-state index contributed by atoms with van der Waals surface area (Å²) in [4.78, 5) is 34.1. The standard InChI is InChI=1S/C24H42N2O3S.C2HF3O2/c1-3-5-6-7-8-9-10-11-12-13-14-15-16-17-22(27)26-23-21(24(28)29-4-2)18-20(19-25)30-23;3-2(4,5)1(6)7/h18H,3-17,19,25H2,1-2H3,(H,26,27);(H,6,7). The monoisotopic (exact) mass is 552 g/mol. The van der Waals surface area contributed by atoms with E-state index in [4.69, 9.17) is 20.4 Å². The highest BCUT2D eigenvalue weighted by Gasteiger charge is 2.38. The number of esters is 1. The topological polar surface area (TPSA) is 119 Å². The van der Waals surface area contributed by atoms with Gasteiger partial charge in [0.15, 0.2) is 0 Å². The molecule has 1 aromatic heterocycles. The maximum atomic E-state index is 12.3. The van der Waals surface area contributed by atoms with Crippen molar-refractivity contribution in [3.63, 3.8) is 0 Å². The molecule has 1 aromatic rings. The molecular formula is C26H43F3N2O5S. The third kappa shape index (κ3) is 17.9. The lowest BCUT2D eigenvalue weighted by Gasteiger charge is -2.06. The summed E-state index contributed by atoms with van der Waals surface area (Å²) in [5.41, 5.74) is 6.08. The van der Waals surface area contributed by atoms with Crippen LogP contribution >= 0.6 is 11.3 Å². The molecule has 0 aliphatic carbocycles. The molecule has 0 unspecified atom stereocenters. The molecule has 214 valence electrons. The van der Waals surface area contributed by atoms with E-state index in [-0.39, 0.29) is 5.91 Å². The number of halogens is 3. The molecule has 0 radical (unpaired) electrons. The number of alkyl halides is 3. The van der Waals surface area contributed by atoms with E-state index in [2.05, 4.69) is 12.2 Å². The van der Waals surface area contributed by atoms with Gasteiger partial charge in [-0.05, 0) is 19.4 Å². The smallest absolute Gasteiger partial charge is 0.475 e. The first-order chi connectivity index (χ1) is 17.6. The number of rotatable bonds is 18. The van der Waals surface area contributed by atoms with Gasteiger partial charge >= 0.3 is 18.1 Å². The van der Waals surface area contributed by atoms with Crippen LogP contribution in [-0.4, -0.2) is 35.7 Å². The van der Waals surface area contributed by atoms with Crippen molar-refractivity contribution in [1.82, 2.24) is 0 Å². The number of carboxylic acids is 1. The maximum absolute atomic E-state index is 12.3. The Kier molecular flexibility index (Phi) is 19.7. The van der Waals surface area contributed by atoms with Crippen LogP contribution in [0.25, 0.3) is 0 Å². The van der Waals surface area contributed by atoms with Gasteiger partial charge in [0.25, 0.3) is 0 Å². The van der Waals surface area contributed by atoms with E-state index in [0.717, 1.165) is 17.7 Å². The van der Waals surface area contributed by atoms with E-state index in [9.17, 15) is 22.8 Å². The first-order valence-corrected chi connectivity index (χ1v) is 14.0. The molecule has 0 aliphatic heterocycles. The SMILES string of the molecule is CCCCCCCCCCCCCCCC(=O)Nc1sc(CN)cc1C(=O)OCC.O=C(O)C(F)(F)F. The lowest BCUT2D eigenvalue weighted by molar-refractivity contribution is -0.192. The molecule has 0 aromatic carbocycles. The quantitative estimate of drug-likeness (QED) is 0.129. The number of carbonyl (C=O) groups is 3. The summed E-state index contributed by atoms with van der Waals surface area (Å²) >= 11 is 1.35. The van der Waals surface area contributed by atoms with Crippen molar-refractivity contribution >= 4 is 34.2 Å². The van der Waals surface area contributed by atoms with Gasteiger partial charge in [-0.1, -0.05) is 84.0 Å². The number of ether oxygens (including phenoxy) is 1. The summed E-state index contributed by atoms with van der Waals surface area (Å²) in [6.45, 7) is 4.67. The average molecular weight is 553 g/mol. The minimum atomic E-state index is -5.08. The second kappa shape index (κ2) is 20.9. The molecule has 1 rings (SSSR count). The fourth-order valence-electron chi connectivity index (χ4n) is 3.49. The fraction of sp³-hybridized carbons (Fsp3) is 0.731. The van der Waals surface area contributed by atoms with Gasteiger partial charge in [0.2, 0.25) is 5.91 Å². The Morgan fingerprint density at radius 2 is 1.38 bits per heavy atom. The molecule has 4 N–H and O–H groups in total. The lowest BCUT2D eigenvalue weighted by Crippen LogP contribution is -2.21. The highest BCUT2D eigenvalue weighted by Crippen LogP contribution is 2.29. The number of nitrogens with two attached hydrogens (primary N) is 1. The Hall–Kier alpha value is -2.14. The average Bonchev–Trinajstić information content (AvgIpc) is 3.25. The van der Waals surface area contributed by atoms with Gasteiger partial charge in [-0.2, -0.15) is 13.2 Å². The first kappa shape index (κ1) is 34.9. The molecule has 7 nitrogen and oxygen atoms in total. The number of thiophene rings is 1. The highest BCUT2D eigenvalue weighted by atomic mass is 32.1. The number of hydrogen-bond acceptors (Lipinski definition) is 6. The van der Waals surface area contributed by atoms with Crippen molar-refractivity contribution in [3.05, 3.63) is 16.5 Å². The second-order valence-corrected chi connectivity index (χ2v) is 9.86. The normalized spacial score (nSPS) is 11.0. The van der Waals surface area contributed by atoms with Crippen LogP contribution < -0.4 is 11.1 Å². The Bertz CT molecular complexity index is 785. The van der Waals surface area contributed by atoms with Gasteiger partial charge in [0.1, 0.15) is 5.00 Å². The molecular weight excluding hydrogens is 509 g/mol. The summed E-state index contributed by atoms with van der Waals surface area (Å²) in [6.07, 6.45) is 12.1. The summed E-state index contributed by atoms with van der Waals surface area (Å²) < 4.78 is 36.8. The van der Waals surface area contributed by atoms with Crippen molar-refractivity contribution in [1.29, 1.82) is 0 Å². The predicted molar refractivity (Wildman–Crippen MR) is 141 cm³/mol. The van der Waals surface area contributed by atoms with Crippen LogP contribution in [0.2, 0.25) is 0 Å². The molecule has 0 saturated carbocycles. The number of unbranched alkanes of at least 4 members (excludes halogenated alkanes) is 12. The number of hydrogen-bond donors (Lipinski definition) is 3. The summed E-state index contributed by atoms with van der Waals surface area (Å²) in [7, 11) is 0. The Morgan fingerprint density at radius 3 is 1.78 bits per heavy atom. The van der Waals surface area contributed by atoms with Crippen LogP contribution in [0.5, 0.6) is 0 Å². The zero-order valence-electron chi connectivity index (χ0n) is 22.1. The van der Waals surface area contributed by atoms with Crippen LogP contribution in [0.4, 0.5) is 18.2 Å². The molecule has 0 saturated heterocycles. The number of anilines is 1. The zero-order valence-corrected chi connectivity index (χ0v) is 22.9. The van der Waals surface area contributed by atoms with Crippen molar-refractivity contribution in [2.75, 3.05) is 11.9 Å². The van der Waals surface area contributed by atoms with Crippen molar-refractivity contribution < 1.29 is 37.4 Å². The highest BCUT2D eigenvalue weighted by molar-refractivity contribution is 7.16. The number of amides is 1. The molecule has 0 bridgehead atoms. The van der Waals surface area contributed by atoms with Gasteiger partial charge in [0, 0.05) is 17.8 Å². The Labute approximate surface area is 222 Å². The molecule has 11 heteroatoms. The predicted octanol–water partition coefficient (Wildman–Crippen LogP) is 7.44. The van der Waals surface area contributed by atoms with Crippen LogP contribution in [0, 0.1) is 0 Å². The van der Waals surface area contributed by atoms with Gasteiger partial charge in [-0.15, -0.1) is 11.3 Å². The van der Waals surface area contributed by atoms with E-state index in [1.807, 2.05) is 0 Å². The van der Waals surface area contributed by atoms with E-state index in [0.29, 0.717) is 30.1 Å². The van der Waals surface area contributed by atoms with E-state index in [1.54, 1.807) is 13.0 Å². The van der Waals surface area contributed by atoms with Crippen molar-refractivity contribution in [3.8, 4) is 0 Å². The second-order valence-electron chi connectivity index (χ2n) is 8.72. The number of nitrogens with one attached hydrogen (secondary N) is 1. The van der Waals surface area contributed by atoms with E-state index in [1.165, 1.54) is 82.0 Å². The first-order valence-electron chi connectivity index (χ1n) is 13.2. The van der Waals surface area contributed by atoms with Gasteiger partial charge in [-0.25, -0.2) is 9.59 Å². The van der Waals surface area contributed by atoms with Gasteiger partial charge in [-0.3, -0.25) is 4.79 Å². The van der Waals surface area contributed by atoms with E-state index >= 15 is 0 Å². The Balaban J connectivity index is 0.00000161. The minimum Gasteiger partial charge on any atom is -0.475 e. The number of aliphatic carboxylic acids is 1. The third-order valence-corrected chi connectivity index (χ3v) is 6.56. The van der Waals surface area contributed by atoms with Gasteiger partial charge < -0.3 is 20.9 Å². The lowest BCUT2D eigenvalue weighted by atomic mass is 10.0. The molecule has 0 fully saturated rings. The Morgan fingerprint density at radius 1 is 0.919 bits per heavy atom.